The smallest absolute Gasteiger partial charge is 0.282 e. The third kappa shape index (κ3) is 2.95. The number of hydrogen-bond donors (Lipinski definition) is 0. The Morgan fingerprint density at radius 3 is 2.08 bits per heavy atom. The molecule has 4 aliphatic rings. The first-order valence-electron chi connectivity index (χ1n) is 9.61. The molecular formula is C17H32N4O3S. The summed E-state index contributed by atoms with van der Waals surface area (Å²) in [5, 5.41) is 0. The van der Waals surface area contributed by atoms with Crippen molar-refractivity contribution in [1.82, 2.24) is 18.4 Å². The summed E-state index contributed by atoms with van der Waals surface area (Å²) in [4.78, 5) is 4.70. The van der Waals surface area contributed by atoms with Gasteiger partial charge in [-0.1, -0.05) is 13.8 Å². The van der Waals surface area contributed by atoms with Crippen LogP contribution in [0.1, 0.15) is 20.3 Å². The van der Waals surface area contributed by atoms with Crippen LogP contribution in [0.2, 0.25) is 0 Å². The fourth-order valence-corrected chi connectivity index (χ4v) is 7.01. The number of likely N-dealkylation sites (N-methyl/N-ethyl adjacent to an activating group) is 1. The lowest BCUT2D eigenvalue weighted by molar-refractivity contribution is -0.159. The fraction of sp³-hybridized carbons (Fsp3) is 1.00. The number of ether oxygens (including phenoxy) is 1. The maximum atomic E-state index is 12.9. The Morgan fingerprint density at radius 2 is 1.48 bits per heavy atom. The van der Waals surface area contributed by atoms with Crippen molar-refractivity contribution >= 4 is 10.2 Å². The van der Waals surface area contributed by atoms with Gasteiger partial charge in [-0.2, -0.15) is 17.0 Å². The van der Waals surface area contributed by atoms with Gasteiger partial charge in [0.2, 0.25) is 0 Å². The summed E-state index contributed by atoms with van der Waals surface area (Å²) in [7, 11) is -1.26. The average Bonchev–Trinajstić information content (AvgIpc) is 3.02. The van der Waals surface area contributed by atoms with E-state index < -0.39 is 10.2 Å². The molecule has 0 N–H and O–H groups in total. The predicted molar refractivity (Wildman–Crippen MR) is 96.6 cm³/mol. The Balaban J connectivity index is 1.37. The molecular weight excluding hydrogens is 340 g/mol. The highest BCUT2D eigenvalue weighted by Crippen LogP contribution is 2.54. The summed E-state index contributed by atoms with van der Waals surface area (Å²) in [5.74, 6) is 0.635. The van der Waals surface area contributed by atoms with Gasteiger partial charge in [0.15, 0.2) is 0 Å². The first kappa shape index (κ1) is 18.1. The van der Waals surface area contributed by atoms with E-state index in [4.69, 9.17) is 4.74 Å². The molecule has 4 fully saturated rings. The molecule has 144 valence electrons. The Hall–Kier alpha value is -0.250. The summed E-state index contributed by atoms with van der Waals surface area (Å²) in [6.45, 7) is 11.2. The van der Waals surface area contributed by atoms with Gasteiger partial charge < -0.3 is 9.64 Å². The Kier molecular flexibility index (Phi) is 4.66. The highest BCUT2D eigenvalue weighted by Gasteiger charge is 2.61. The van der Waals surface area contributed by atoms with Crippen molar-refractivity contribution in [3.63, 3.8) is 0 Å². The van der Waals surface area contributed by atoms with Crippen molar-refractivity contribution in [2.75, 3.05) is 66.0 Å². The fourth-order valence-electron chi connectivity index (χ4n) is 5.43. The molecule has 0 amide bonds. The van der Waals surface area contributed by atoms with Gasteiger partial charge in [-0.15, -0.1) is 0 Å². The van der Waals surface area contributed by atoms with Gasteiger partial charge in [0.05, 0.1) is 6.10 Å². The second-order valence-electron chi connectivity index (χ2n) is 8.66. The summed E-state index contributed by atoms with van der Waals surface area (Å²) in [6, 6.07) is 0.536. The molecule has 4 rings (SSSR count). The molecule has 3 aliphatic heterocycles. The van der Waals surface area contributed by atoms with Crippen molar-refractivity contribution in [2.45, 2.75) is 32.4 Å². The van der Waals surface area contributed by atoms with E-state index >= 15 is 0 Å². The van der Waals surface area contributed by atoms with Crippen LogP contribution in [0, 0.1) is 11.3 Å². The third-order valence-corrected chi connectivity index (χ3v) is 8.86. The highest BCUT2D eigenvalue weighted by atomic mass is 32.2. The van der Waals surface area contributed by atoms with E-state index in [2.05, 4.69) is 23.6 Å². The van der Waals surface area contributed by atoms with Gasteiger partial charge in [0, 0.05) is 76.3 Å². The number of piperazine rings is 2. The molecule has 3 heterocycles. The average molecular weight is 373 g/mol. The zero-order chi connectivity index (χ0) is 17.8. The summed E-state index contributed by atoms with van der Waals surface area (Å²) in [5.41, 5.74) is 0.180. The molecule has 0 bridgehead atoms. The van der Waals surface area contributed by atoms with E-state index in [9.17, 15) is 8.42 Å². The van der Waals surface area contributed by atoms with Crippen molar-refractivity contribution in [1.29, 1.82) is 0 Å². The van der Waals surface area contributed by atoms with Gasteiger partial charge >= 0.3 is 0 Å². The van der Waals surface area contributed by atoms with Crippen molar-refractivity contribution in [2.24, 2.45) is 11.3 Å². The molecule has 0 aromatic rings. The second kappa shape index (κ2) is 6.42. The van der Waals surface area contributed by atoms with Crippen molar-refractivity contribution in [3.8, 4) is 0 Å². The third-order valence-electron chi connectivity index (χ3n) is 6.82. The van der Waals surface area contributed by atoms with Gasteiger partial charge in [-0.25, -0.2) is 0 Å². The van der Waals surface area contributed by atoms with Crippen LogP contribution in [0.5, 0.6) is 0 Å². The summed E-state index contributed by atoms with van der Waals surface area (Å²) >= 11 is 0. The van der Waals surface area contributed by atoms with Crippen LogP contribution in [0.25, 0.3) is 0 Å². The molecule has 25 heavy (non-hydrogen) atoms. The number of rotatable bonds is 3. The Morgan fingerprint density at radius 1 is 0.920 bits per heavy atom. The van der Waals surface area contributed by atoms with Crippen LogP contribution in [0.4, 0.5) is 0 Å². The molecule has 0 radical (unpaired) electrons. The van der Waals surface area contributed by atoms with E-state index in [-0.39, 0.29) is 5.41 Å². The zero-order valence-electron chi connectivity index (χ0n) is 15.7. The van der Waals surface area contributed by atoms with Crippen LogP contribution in [-0.2, 0) is 14.9 Å². The quantitative estimate of drug-likeness (QED) is 0.693. The van der Waals surface area contributed by atoms with Gasteiger partial charge in [0.1, 0.15) is 0 Å². The molecule has 0 spiro atoms. The number of fused-ring (bicyclic) bond motifs is 1. The zero-order valence-corrected chi connectivity index (χ0v) is 16.5. The number of hydrogen-bond acceptors (Lipinski definition) is 5. The van der Waals surface area contributed by atoms with Crippen LogP contribution in [0.3, 0.4) is 0 Å². The molecule has 8 heteroatoms. The molecule has 3 saturated heterocycles. The summed E-state index contributed by atoms with van der Waals surface area (Å²) < 4.78 is 35.1. The lowest BCUT2D eigenvalue weighted by Gasteiger charge is -2.59. The van der Waals surface area contributed by atoms with Crippen LogP contribution < -0.4 is 0 Å². The van der Waals surface area contributed by atoms with Crippen molar-refractivity contribution in [3.05, 3.63) is 0 Å². The standard InChI is InChI=1S/C17H32N4O3S/c1-17(2)15(14-4-13-24-16(14)17)19-7-11-21(12-8-19)25(22,23)20-9-5-18(3)6-10-20/h14-16H,4-13H2,1-3H3. The van der Waals surface area contributed by atoms with E-state index in [1.807, 2.05) is 7.05 Å². The minimum absolute atomic E-state index is 0.180. The van der Waals surface area contributed by atoms with Crippen molar-refractivity contribution < 1.29 is 13.2 Å². The molecule has 0 aromatic heterocycles. The van der Waals surface area contributed by atoms with E-state index in [0.717, 1.165) is 39.2 Å². The lowest BCUT2D eigenvalue weighted by Crippen LogP contribution is -2.69. The topological polar surface area (TPSA) is 56.3 Å². The predicted octanol–water partition coefficient (Wildman–Crippen LogP) is -0.0903. The first-order valence-corrected chi connectivity index (χ1v) is 11.0. The maximum absolute atomic E-state index is 12.9. The normalized spacial score (nSPS) is 38.4. The van der Waals surface area contributed by atoms with Gasteiger partial charge in [-0.3, -0.25) is 4.90 Å². The molecule has 0 aromatic carbocycles. The lowest BCUT2D eigenvalue weighted by atomic mass is 9.56. The van der Waals surface area contributed by atoms with Crippen LogP contribution in [-0.4, -0.2) is 105 Å². The minimum Gasteiger partial charge on any atom is -0.377 e. The number of nitrogens with zero attached hydrogens (tertiary/aromatic N) is 4. The second-order valence-corrected chi connectivity index (χ2v) is 10.6. The molecule has 1 saturated carbocycles. The molecule has 1 aliphatic carbocycles. The monoisotopic (exact) mass is 372 g/mol. The first-order chi connectivity index (χ1) is 11.8. The molecule has 7 nitrogen and oxygen atoms in total. The Bertz CT molecular complexity index is 595. The molecule has 3 atom stereocenters. The SMILES string of the molecule is CN1CCN(S(=O)(=O)N2CCN(C3C4CCOC4C3(C)C)CC2)CC1. The minimum atomic E-state index is -3.30. The van der Waals surface area contributed by atoms with Gasteiger partial charge in [-0.05, 0) is 13.5 Å². The summed E-state index contributed by atoms with van der Waals surface area (Å²) in [6.07, 6.45) is 1.54. The van der Waals surface area contributed by atoms with Crippen LogP contribution >= 0.6 is 0 Å². The van der Waals surface area contributed by atoms with Gasteiger partial charge in [0.25, 0.3) is 10.2 Å². The van der Waals surface area contributed by atoms with E-state index in [0.29, 0.717) is 44.2 Å². The highest BCUT2D eigenvalue weighted by molar-refractivity contribution is 7.86. The van der Waals surface area contributed by atoms with E-state index in [1.54, 1.807) is 8.61 Å². The Labute approximate surface area is 152 Å². The molecule has 3 unspecified atom stereocenters. The maximum Gasteiger partial charge on any atom is 0.282 e. The largest absolute Gasteiger partial charge is 0.377 e. The van der Waals surface area contributed by atoms with E-state index in [1.165, 1.54) is 0 Å². The van der Waals surface area contributed by atoms with Crippen LogP contribution in [0.15, 0.2) is 0 Å².